The summed E-state index contributed by atoms with van der Waals surface area (Å²) in [4.78, 5) is 25.9. The van der Waals surface area contributed by atoms with Crippen molar-refractivity contribution in [2.75, 3.05) is 13.2 Å². The number of rotatable bonds is 5. The Bertz CT molecular complexity index is 492. The molecule has 1 fully saturated rings. The molecule has 2 rings (SSSR count). The summed E-state index contributed by atoms with van der Waals surface area (Å²) in [5.74, 6) is -0.613. The second-order valence-corrected chi connectivity index (χ2v) is 5.45. The van der Waals surface area contributed by atoms with Gasteiger partial charge >= 0.3 is 5.97 Å². The average Bonchev–Trinajstić information content (AvgIpc) is 2.93. The molecule has 6 heteroatoms. The Morgan fingerprint density at radius 2 is 2.10 bits per heavy atom. The molecular formula is C15H23N3O3. The van der Waals surface area contributed by atoms with E-state index in [0.29, 0.717) is 18.2 Å². The lowest BCUT2D eigenvalue weighted by atomic mass is 9.94. The first kappa shape index (κ1) is 15.5. The van der Waals surface area contributed by atoms with Gasteiger partial charge < -0.3 is 9.64 Å². The minimum absolute atomic E-state index is 0.110. The van der Waals surface area contributed by atoms with Crippen LogP contribution in [0.15, 0.2) is 12.4 Å². The maximum Gasteiger partial charge on any atom is 0.341 e. The predicted molar refractivity (Wildman–Crippen MR) is 77.8 cm³/mol. The van der Waals surface area contributed by atoms with Crippen molar-refractivity contribution in [1.82, 2.24) is 14.7 Å². The van der Waals surface area contributed by atoms with Crippen LogP contribution in [-0.4, -0.2) is 45.8 Å². The van der Waals surface area contributed by atoms with E-state index in [9.17, 15) is 9.59 Å². The van der Waals surface area contributed by atoms with Crippen LogP contribution in [0.1, 0.15) is 49.4 Å². The normalized spacial score (nSPS) is 15.7. The monoisotopic (exact) mass is 293 g/mol. The van der Waals surface area contributed by atoms with Gasteiger partial charge in [-0.1, -0.05) is 19.3 Å². The highest BCUT2D eigenvalue weighted by atomic mass is 16.5. The van der Waals surface area contributed by atoms with Crippen molar-refractivity contribution in [2.45, 2.75) is 45.1 Å². The number of hydrogen-bond donors (Lipinski definition) is 0. The molecule has 6 nitrogen and oxygen atoms in total. The molecule has 1 saturated carbocycles. The van der Waals surface area contributed by atoms with Gasteiger partial charge in [-0.2, -0.15) is 5.10 Å². The van der Waals surface area contributed by atoms with E-state index < -0.39 is 5.97 Å². The van der Waals surface area contributed by atoms with Crippen LogP contribution in [0.25, 0.3) is 0 Å². The molecule has 1 aromatic rings. The zero-order valence-corrected chi connectivity index (χ0v) is 12.7. The highest BCUT2D eigenvalue weighted by molar-refractivity contribution is 5.90. The quantitative estimate of drug-likeness (QED) is 0.776. The van der Waals surface area contributed by atoms with E-state index >= 15 is 0 Å². The van der Waals surface area contributed by atoms with Crippen molar-refractivity contribution in [3.8, 4) is 0 Å². The van der Waals surface area contributed by atoms with Gasteiger partial charge in [0.1, 0.15) is 0 Å². The summed E-state index contributed by atoms with van der Waals surface area (Å²) in [6.45, 7) is 2.43. The third-order valence-corrected chi connectivity index (χ3v) is 3.94. The molecule has 1 aromatic heterocycles. The Kier molecular flexibility index (Phi) is 5.36. The zero-order chi connectivity index (χ0) is 15.2. The molecule has 0 radical (unpaired) electrons. The molecule has 0 atom stereocenters. The average molecular weight is 293 g/mol. The summed E-state index contributed by atoms with van der Waals surface area (Å²) < 4.78 is 6.62. The SMILES string of the molecule is CCN(C(=O)COC(=O)c1cnn(C)c1)C1CCCCC1. The fraction of sp³-hybridized carbons (Fsp3) is 0.667. The molecule has 21 heavy (non-hydrogen) atoms. The second kappa shape index (κ2) is 7.24. The van der Waals surface area contributed by atoms with Crippen molar-refractivity contribution in [2.24, 2.45) is 7.05 Å². The molecule has 0 bridgehead atoms. The van der Waals surface area contributed by atoms with Crippen LogP contribution in [0, 0.1) is 0 Å². The fourth-order valence-electron chi connectivity index (χ4n) is 2.85. The summed E-state index contributed by atoms with van der Waals surface area (Å²) in [6, 6.07) is 0.299. The highest BCUT2D eigenvalue weighted by Gasteiger charge is 2.25. The molecule has 1 amide bonds. The number of amides is 1. The summed E-state index contributed by atoms with van der Waals surface area (Å²) in [5.41, 5.74) is 0.367. The molecule has 0 aliphatic heterocycles. The van der Waals surface area contributed by atoms with Gasteiger partial charge in [0, 0.05) is 25.8 Å². The number of likely N-dealkylation sites (N-methyl/N-ethyl adjacent to an activating group) is 1. The molecule has 0 aromatic carbocycles. The number of nitrogens with zero attached hydrogens (tertiary/aromatic N) is 3. The van der Waals surface area contributed by atoms with E-state index in [4.69, 9.17) is 4.74 Å². The zero-order valence-electron chi connectivity index (χ0n) is 12.7. The lowest BCUT2D eigenvalue weighted by Gasteiger charge is -2.33. The molecule has 116 valence electrons. The number of carbonyl (C=O) groups excluding carboxylic acids is 2. The molecular weight excluding hydrogens is 270 g/mol. The number of esters is 1. The maximum absolute atomic E-state index is 12.2. The van der Waals surface area contributed by atoms with Gasteiger partial charge in [-0.25, -0.2) is 4.79 Å². The third kappa shape index (κ3) is 4.06. The molecule has 1 aliphatic rings. The van der Waals surface area contributed by atoms with Crippen molar-refractivity contribution < 1.29 is 14.3 Å². The fourth-order valence-corrected chi connectivity index (χ4v) is 2.85. The van der Waals surface area contributed by atoms with E-state index in [1.54, 1.807) is 13.2 Å². The number of ether oxygens (including phenoxy) is 1. The molecule has 1 aliphatic carbocycles. The topological polar surface area (TPSA) is 64.4 Å². The molecule has 1 heterocycles. The van der Waals surface area contributed by atoms with E-state index in [1.165, 1.54) is 30.1 Å². The summed E-state index contributed by atoms with van der Waals surface area (Å²) in [6.07, 6.45) is 8.70. The third-order valence-electron chi connectivity index (χ3n) is 3.94. The lowest BCUT2D eigenvalue weighted by Crippen LogP contribution is -2.43. The van der Waals surface area contributed by atoms with Crippen LogP contribution < -0.4 is 0 Å². The van der Waals surface area contributed by atoms with Crippen molar-refractivity contribution in [3.63, 3.8) is 0 Å². The van der Waals surface area contributed by atoms with Gasteiger partial charge in [-0.15, -0.1) is 0 Å². The number of hydrogen-bond acceptors (Lipinski definition) is 4. The Morgan fingerprint density at radius 1 is 1.38 bits per heavy atom. The summed E-state index contributed by atoms with van der Waals surface area (Å²) >= 11 is 0. The standard InChI is InChI=1S/C15H23N3O3/c1-3-18(13-7-5-4-6-8-13)14(19)11-21-15(20)12-9-16-17(2)10-12/h9-10,13H,3-8,11H2,1-2H3. The minimum atomic E-state index is -0.504. The van der Waals surface area contributed by atoms with E-state index in [2.05, 4.69) is 5.10 Å². The molecule has 0 N–H and O–H groups in total. The first-order valence-corrected chi connectivity index (χ1v) is 7.57. The van der Waals surface area contributed by atoms with E-state index in [1.807, 2.05) is 11.8 Å². The Labute approximate surface area is 125 Å². The Balaban J connectivity index is 1.86. The van der Waals surface area contributed by atoms with Gasteiger partial charge in [-0.3, -0.25) is 9.48 Å². The Morgan fingerprint density at radius 3 is 2.67 bits per heavy atom. The minimum Gasteiger partial charge on any atom is -0.452 e. The van der Waals surface area contributed by atoms with Crippen molar-refractivity contribution in [1.29, 1.82) is 0 Å². The van der Waals surface area contributed by atoms with Crippen molar-refractivity contribution >= 4 is 11.9 Å². The number of carbonyl (C=O) groups is 2. The molecule has 0 spiro atoms. The van der Waals surface area contributed by atoms with Crippen LogP contribution in [0.5, 0.6) is 0 Å². The predicted octanol–water partition coefficient (Wildman–Crippen LogP) is 1.76. The number of aryl methyl sites for hydroxylation is 1. The lowest BCUT2D eigenvalue weighted by molar-refractivity contribution is -0.137. The first-order valence-electron chi connectivity index (χ1n) is 7.57. The van der Waals surface area contributed by atoms with E-state index in [0.717, 1.165) is 12.8 Å². The van der Waals surface area contributed by atoms with Crippen LogP contribution in [0.4, 0.5) is 0 Å². The van der Waals surface area contributed by atoms with Crippen LogP contribution in [0.3, 0.4) is 0 Å². The van der Waals surface area contributed by atoms with Crippen LogP contribution in [-0.2, 0) is 16.6 Å². The molecule has 0 saturated heterocycles. The van der Waals surface area contributed by atoms with Gasteiger partial charge in [0.05, 0.1) is 11.8 Å². The van der Waals surface area contributed by atoms with Crippen molar-refractivity contribution in [3.05, 3.63) is 18.0 Å². The van der Waals surface area contributed by atoms with Gasteiger partial charge in [-0.05, 0) is 19.8 Å². The maximum atomic E-state index is 12.2. The number of aromatic nitrogens is 2. The van der Waals surface area contributed by atoms with Gasteiger partial charge in [0.2, 0.25) is 0 Å². The van der Waals surface area contributed by atoms with Crippen LogP contribution >= 0.6 is 0 Å². The highest BCUT2D eigenvalue weighted by Crippen LogP contribution is 2.22. The summed E-state index contributed by atoms with van der Waals surface area (Å²) in [5, 5.41) is 3.91. The first-order chi connectivity index (χ1) is 10.1. The second-order valence-electron chi connectivity index (χ2n) is 5.45. The molecule has 0 unspecified atom stereocenters. The van der Waals surface area contributed by atoms with Gasteiger partial charge in [0.25, 0.3) is 5.91 Å². The van der Waals surface area contributed by atoms with Gasteiger partial charge in [0.15, 0.2) is 6.61 Å². The van der Waals surface area contributed by atoms with E-state index in [-0.39, 0.29) is 12.5 Å². The summed E-state index contributed by atoms with van der Waals surface area (Å²) in [7, 11) is 1.73. The largest absolute Gasteiger partial charge is 0.452 e. The Hall–Kier alpha value is -1.85. The van der Waals surface area contributed by atoms with Crippen LogP contribution in [0.2, 0.25) is 0 Å². The smallest absolute Gasteiger partial charge is 0.341 e.